The van der Waals surface area contributed by atoms with Gasteiger partial charge in [0, 0.05) is 0 Å². The molecular formula is C26H30N2O5S. The van der Waals surface area contributed by atoms with Crippen molar-refractivity contribution in [1.29, 1.82) is 0 Å². The Balaban J connectivity index is 1.80. The number of amides is 1. The van der Waals surface area contributed by atoms with Crippen LogP contribution in [0.25, 0.3) is 0 Å². The monoisotopic (exact) mass is 482 g/mol. The van der Waals surface area contributed by atoms with E-state index in [0.29, 0.717) is 11.4 Å². The summed E-state index contributed by atoms with van der Waals surface area (Å²) in [6.07, 6.45) is 0. The number of sulfonamides is 1. The summed E-state index contributed by atoms with van der Waals surface area (Å²) >= 11 is 0. The van der Waals surface area contributed by atoms with Crippen LogP contribution >= 0.6 is 0 Å². The predicted molar refractivity (Wildman–Crippen MR) is 133 cm³/mol. The molecule has 8 heteroatoms. The van der Waals surface area contributed by atoms with E-state index in [2.05, 4.69) is 5.32 Å². The number of benzene rings is 3. The SMILES string of the molecule is COc1ccc(C)cc1N(CC(=O)NCCOc1ccccc1C)S(=O)(=O)c1ccc(C)cc1. The van der Waals surface area contributed by atoms with Crippen LogP contribution in [0.15, 0.2) is 71.6 Å². The van der Waals surface area contributed by atoms with E-state index in [1.165, 1.54) is 19.2 Å². The molecule has 0 aromatic heterocycles. The van der Waals surface area contributed by atoms with Crippen LogP contribution in [0.3, 0.4) is 0 Å². The molecule has 0 spiro atoms. The molecule has 0 fully saturated rings. The minimum Gasteiger partial charge on any atom is -0.495 e. The summed E-state index contributed by atoms with van der Waals surface area (Å²) in [7, 11) is -2.57. The lowest BCUT2D eigenvalue weighted by molar-refractivity contribution is -0.119. The minimum atomic E-state index is -4.03. The Morgan fingerprint density at radius 2 is 1.59 bits per heavy atom. The van der Waals surface area contributed by atoms with Crippen molar-refractivity contribution in [1.82, 2.24) is 5.32 Å². The van der Waals surface area contributed by atoms with E-state index < -0.39 is 22.5 Å². The molecule has 0 bridgehead atoms. The van der Waals surface area contributed by atoms with Crippen molar-refractivity contribution in [2.24, 2.45) is 0 Å². The van der Waals surface area contributed by atoms with Crippen LogP contribution in [0, 0.1) is 20.8 Å². The van der Waals surface area contributed by atoms with Crippen molar-refractivity contribution in [2.75, 3.05) is 31.1 Å². The van der Waals surface area contributed by atoms with E-state index in [4.69, 9.17) is 9.47 Å². The standard InChI is InChI=1S/C26H30N2O5S/c1-19-9-12-22(13-10-19)34(30,31)28(23-17-20(2)11-14-25(23)32-4)18-26(29)27-15-16-33-24-8-6-5-7-21(24)3/h5-14,17H,15-16,18H2,1-4H3,(H,27,29). The highest BCUT2D eigenvalue weighted by molar-refractivity contribution is 7.92. The lowest BCUT2D eigenvalue weighted by Gasteiger charge is -2.26. The molecule has 3 aromatic rings. The Kier molecular flexibility index (Phi) is 8.17. The molecule has 3 rings (SSSR count). The van der Waals surface area contributed by atoms with Gasteiger partial charge in [-0.25, -0.2) is 8.42 Å². The fourth-order valence-electron chi connectivity index (χ4n) is 3.39. The third kappa shape index (κ3) is 6.08. The Morgan fingerprint density at radius 3 is 2.26 bits per heavy atom. The van der Waals surface area contributed by atoms with Gasteiger partial charge in [-0.15, -0.1) is 0 Å². The molecule has 0 aliphatic rings. The van der Waals surface area contributed by atoms with Crippen LogP contribution in [-0.2, 0) is 14.8 Å². The van der Waals surface area contributed by atoms with Gasteiger partial charge in [-0.05, 0) is 62.2 Å². The number of rotatable bonds is 10. The van der Waals surface area contributed by atoms with Gasteiger partial charge in [-0.1, -0.05) is 42.0 Å². The third-order valence-corrected chi connectivity index (χ3v) is 7.05. The normalized spacial score (nSPS) is 11.1. The number of nitrogens with one attached hydrogen (secondary N) is 1. The minimum absolute atomic E-state index is 0.0948. The number of carbonyl (C=O) groups is 1. The molecule has 0 saturated carbocycles. The first-order valence-corrected chi connectivity index (χ1v) is 12.4. The highest BCUT2D eigenvalue weighted by atomic mass is 32.2. The van der Waals surface area contributed by atoms with Crippen molar-refractivity contribution < 1.29 is 22.7 Å². The topological polar surface area (TPSA) is 84.9 Å². The van der Waals surface area contributed by atoms with E-state index in [-0.39, 0.29) is 18.0 Å². The Hall–Kier alpha value is -3.52. The summed E-state index contributed by atoms with van der Waals surface area (Å²) in [5, 5.41) is 2.75. The predicted octanol–water partition coefficient (Wildman–Crippen LogP) is 4.01. The van der Waals surface area contributed by atoms with Crippen molar-refractivity contribution in [3.8, 4) is 11.5 Å². The van der Waals surface area contributed by atoms with Gasteiger partial charge in [0.1, 0.15) is 24.7 Å². The summed E-state index contributed by atoms with van der Waals surface area (Å²) in [6.45, 7) is 5.76. The van der Waals surface area contributed by atoms with Crippen molar-refractivity contribution in [3.63, 3.8) is 0 Å². The Bertz CT molecular complexity index is 1240. The molecule has 3 aromatic carbocycles. The maximum atomic E-state index is 13.6. The highest BCUT2D eigenvalue weighted by Crippen LogP contribution is 2.33. The highest BCUT2D eigenvalue weighted by Gasteiger charge is 2.29. The first-order chi connectivity index (χ1) is 16.2. The summed E-state index contributed by atoms with van der Waals surface area (Å²) in [6, 6.07) is 19.3. The quantitative estimate of drug-likeness (QED) is 0.442. The number of para-hydroxylation sites is 1. The number of hydrogen-bond donors (Lipinski definition) is 1. The van der Waals surface area contributed by atoms with E-state index >= 15 is 0 Å². The molecule has 1 amide bonds. The van der Waals surface area contributed by atoms with Gasteiger partial charge in [0.2, 0.25) is 5.91 Å². The number of hydrogen-bond acceptors (Lipinski definition) is 5. The largest absolute Gasteiger partial charge is 0.495 e. The molecule has 0 aliphatic carbocycles. The smallest absolute Gasteiger partial charge is 0.264 e. The molecular weight excluding hydrogens is 452 g/mol. The average Bonchev–Trinajstić information content (AvgIpc) is 2.81. The maximum absolute atomic E-state index is 13.6. The molecule has 0 unspecified atom stereocenters. The second-order valence-corrected chi connectivity index (χ2v) is 9.83. The van der Waals surface area contributed by atoms with Crippen LogP contribution in [0.2, 0.25) is 0 Å². The van der Waals surface area contributed by atoms with Gasteiger partial charge < -0.3 is 14.8 Å². The van der Waals surface area contributed by atoms with Gasteiger partial charge in [0.15, 0.2) is 0 Å². The van der Waals surface area contributed by atoms with Crippen molar-refractivity contribution in [2.45, 2.75) is 25.7 Å². The Morgan fingerprint density at radius 1 is 0.912 bits per heavy atom. The second kappa shape index (κ2) is 11.1. The zero-order valence-corrected chi connectivity index (χ0v) is 20.7. The molecule has 0 aliphatic heterocycles. The van der Waals surface area contributed by atoms with Crippen LogP contribution in [0.1, 0.15) is 16.7 Å². The number of nitrogens with zero attached hydrogens (tertiary/aromatic N) is 1. The molecule has 34 heavy (non-hydrogen) atoms. The van der Waals surface area contributed by atoms with Crippen LogP contribution in [0.5, 0.6) is 11.5 Å². The molecule has 180 valence electrons. The Labute approximate surface area is 201 Å². The number of ether oxygens (including phenoxy) is 2. The zero-order chi connectivity index (χ0) is 24.7. The fraction of sp³-hybridized carbons (Fsp3) is 0.269. The molecule has 0 radical (unpaired) electrons. The van der Waals surface area contributed by atoms with Gasteiger partial charge in [-0.3, -0.25) is 9.10 Å². The second-order valence-electron chi connectivity index (χ2n) is 7.96. The van der Waals surface area contributed by atoms with Crippen LogP contribution in [-0.4, -0.2) is 41.1 Å². The number of methoxy groups -OCH3 is 1. The molecule has 0 atom stereocenters. The van der Waals surface area contributed by atoms with Crippen molar-refractivity contribution >= 4 is 21.6 Å². The fourth-order valence-corrected chi connectivity index (χ4v) is 4.81. The van der Waals surface area contributed by atoms with E-state index in [9.17, 15) is 13.2 Å². The summed E-state index contributed by atoms with van der Waals surface area (Å²) in [5.41, 5.74) is 3.07. The summed E-state index contributed by atoms with van der Waals surface area (Å²) in [5.74, 6) is 0.648. The summed E-state index contributed by atoms with van der Waals surface area (Å²) < 4.78 is 39.4. The zero-order valence-electron chi connectivity index (χ0n) is 19.9. The first kappa shape index (κ1) is 25.1. The first-order valence-electron chi connectivity index (χ1n) is 10.9. The average molecular weight is 483 g/mol. The molecule has 0 saturated heterocycles. The number of carbonyl (C=O) groups excluding carboxylic acids is 1. The molecule has 1 N–H and O–H groups in total. The van der Waals surface area contributed by atoms with E-state index in [0.717, 1.165) is 26.7 Å². The van der Waals surface area contributed by atoms with Gasteiger partial charge in [0.05, 0.1) is 24.2 Å². The number of aryl methyl sites for hydroxylation is 3. The van der Waals surface area contributed by atoms with E-state index in [1.54, 1.807) is 24.3 Å². The van der Waals surface area contributed by atoms with Crippen LogP contribution in [0.4, 0.5) is 5.69 Å². The van der Waals surface area contributed by atoms with Crippen LogP contribution < -0.4 is 19.1 Å². The van der Waals surface area contributed by atoms with Gasteiger partial charge in [0.25, 0.3) is 10.0 Å². The van der Waals surface area contributed by atoms with Gasteiger partial charge >= 0.3 is 0 Å². The number of anilines is 1. The molecule has 0 heterocycles. The van der Waals surface area contributed by atoms with E-state index in [1.807, 2.05) is 51.1 Å². The van der Waals surface area contributed by atoms with Crippen molar-refractivity contribution in [3.05, 3.63) is 83.4 Å². The third-order valence-electron chi connectivity index (χ3n) is 5.27. The summed E-state index contributed by atoms with van der Waals surface area (Å²) in [4.78, 5) is 12.9. The maximum Gasteiger partial charge on any atom is 0.264 e. The van der Waals surface area contributed by atoms with Gasteiger partial charge in [-0.2, -0.15) is 0 Å². The lowest BCUT2D eigenvalue weighted by atomic mass is 10.2. The lowest BCUT2D eigenvalue weighted by Crippen LogP contribution is -2.42. The molecule has 7 nitrogen and oxygen atoms in total.